The van der Waals surface area contributed by atoms with Crippen LogP contribution in [-0.4, -0.2) is 22.8 Å². The summed E-state index contributed by atoms with van der Waals surface area (Å²) in [6.45, 7) is -0.645. The summed E-state index contributed by atoms with van der Waals surface area (Å²) >= 11 is 0. The molecule has 0 N–H and O–H groups in total. The number of amides is 2. The van der Waals surface area contributed by atoms with Crippen molar-refractivity contribution < 1.29 is 20.6 Å². The maximum atomic E-state index is 11.6. The second kappa shape index (κ2) is 3.20. The van der Waals surface area contributed by atoms with Crippen molar-refractivity contribution in [3.63, 3.8) is 0 Å². The number of rotatable bonds is 1. The summed E-state index contributed by atoms with van der Waals surface area (Å²) in [5.74, 6) is -2.31. The summed E-state index contributed by atoms with van der Waals surface area (Å²) in [5.41, 5.74) is 0.399. The predicted octanol–water partition coefficient (Wildman–Crippen LogP) is 0.761. The highest BCUT2D eigenvalue weighted by Crippen LogP contribution is 2.22. The molecule has 5 nitrogen and oxygen atoms in total. The first-order chi connectivity index (χ1) is 7.65. The van der Waals surface area contributed by atoms with Crippen molar-refractivity contribution in [3.05, 3.63) is 35.4 Å². The maximum absolute atomic E-state index is 11.6. The van der Waals surface area contributed by atoms with Crippen LogP contribution >= 0.6 is 0 Å². The number of hydrogen-bond donors (Lipinski definition) is 0. The van der Waals surface area contributed by atoms with Gasteiger partial charge in [0.05, 0.1) is 11.1 Å². The summed E-state index contributed by atoms with van der Waals surface area (Å²) in [4.78, 5) is 38.6. The molecule has 0 bridgehead atoms. The summed E-state index contributed by atoms with van der Waals surface area (Å²) in [6.07, 6.45) is 0. The number of carbonyl (C=O) groups is 3. The van der Waals surface area contributed by atoms with Gasteiger partial charge in [-0.25, -0.2) is 4.79 Å². The molecule has 2 amide bonds. The molecule has 2 rings (SSSR count). The summed E-state index contributed by atoms with van der Waals surface area (Å²) in [5, 5.41) is 0.390. The zero-order valence-corrected chi connectivity index (χ0v) is 7.60. The minimum atomic E-state index is -0.950. The molecule has 5 heteroatoms. The van der Waals surface area contributed by atoms with Crippen molar-refractivity contribution >= 4 is 17.8 Å². The molecule has 0 aliphatic carbocycles. The Labute approximate surface area is 86.6 Å². The van der Waals surface area contributed by atoms with E-state index >= 15 is 0 Å². The quantitative estimate of drug-likeness (QED) is 0.638. The number of hydrogen-bond acceptors (Lipinski definition) is 4. The van der Waals surface area contributed by atoms with Crippen molar-refractivity contribution in [2.75, 3.05) is 0 Å². The van der Waals surface area contributed by atoms with E-state index < -0.39 is 24.7 Å². The minimum Gasteiger partial charge on any atom is -0.330 e. The summed E-state index contributed by atoms with van der Waals surface area (Å²) < 4.78 is 6.74. The van der Waals surface area contributed by atoms with Gasteiger partial charge in [0.15, 0.2) is 0 Å². The lowest BCUT2D eigenvalue weighted by atomic mass is 10.1. The van der Waals surface area contributed by atoms with Crippen molar-refractivity contribution in [3.8, 4) is 0 Å². The van der Waals surface area contributed by atoms with E-state index in [-0.39, 0.29) is 11.1 Å². The van der Waals surface area contributed by atoms with E-state index in [0.29, 0.717) is 5.06 Å². The topological polar surface area (TPSA) is 63.7 Å². The molecule has 1 aromatic carbocycles. The molecule has 0 atom stereocenters. The Morgan fingerprint density at radius 3 is 2.27 bits per heavy atom. The second-order valence-corrected chi connectivity index (χ2v) is 2.91. The summed E-state index contributed by atoms with van der Waals surface area (Å²) in [7, 11) is 0. The van der Waals surface area contributed by atoms with E-state index in [4.69, 9.17) is 1.37 Å². The van der Waals surface area contributed by atoms with Crippen LogP contribution in [0.5, 0.6) is 0 Å². The number of imide groups is 1. The van der Waals surface area contributed by atoms with Crippen LogP contribution in [0.4, 0.5) is 0 Å². The number of hydroxylamine groups is 2. The van der Waals surface area contributed by atoms with Crippen LogP contribution < -0.4 is 0 Å². The van der Waals surface area contributed by atoms with Crippen molar-refractivity contribution in [1.29, 1.82) is 0 Å². The highest BCUT2D eigenvalue weighted by atomic mass is 16.7. The molecule has 15 heavy (non-hydrogen) atoms. The Kier molecular flexibility index (Phi) is 1.74. The Hall–Kier alpha value is -2.17. The average Bonchev–Trinajstić information content (AvgIpc) is 2.55. The first-order valence-corrected chi connectivity index (χ1v) is 4.13. The van der Waals surface area contributed by atoms with Crippen LogP contribution in [-0.2, 0) is 9.63 Å². The van der Waals surface area contributed by atoms with E-state index in [9.17, 15) is 14.4 Å². The summed E-state index contributed by atoms with van der Waals surface area (Å²) in [6, 6.07) is 6.17. The fourth-order valence-corrected chi connectivity index (χ4v) is 1.35. The fraction of sp³-hybridized carbons (Fsp3) is 0.100. The van der Waals surface area contributed by atoms with Gasteiger partial charge in [0.2, 0.25) is 0 Å². The molecule has 76 valence electrons. The molecule has 0 aromatic heterocycles. The van der Waals surface area contributed by atoms with Gasteiger partial charge in [-0.1, -0.05) is 17.2 Å². The van der Waals surface area contributed by atoms with Gasteiger partial charge in [0.25, 0.3) is 11.8 Å². The van der Waals surface area contributed by atoms with Gasteiger partial charge in [-0.3, -0.25) is 9.59 Å². The third kappa shape index (κ3) is 1.38. The maximum Gasteiger partial charge on any atom is 0.330 e. The lowest BCUT2D eigenvalue weighted by Crippen LogP contribution is -2.31. The van der Waals surface area contributed by atoms with Crippen LogP contribution in [0.25, 0.3) is 0 Å². The number of benzene rings is 1. The van der Waals surface area contributed by atoms with Gasteiger partial charge in [-0.2, -0.15) is 0 Å². The first-order valence-electron chi connectivity index (χ1n) is 4.83. The second-order valence-electron chi connectivity index (χ2n) is 2.91. The smallest absolute Gasteiger partial charge is 0.330 e. The van der Waals surface area contributed by atoms with Gasteiger partial charge in [0.1, 0.15) is 0 Å². The molecule has 1 aliphatic heterocycles. The standard InChI is InChI=1S/C10H7NO4/c1-6(12)15-11-9(13)7-4-2-3-5-8(7)10(11)14/h2-5H,1H3/i1T. The largest absolute Gasteiger partial charge is 0.330 e. The van der Waals surface area contributed by atoms with Crippen molar-refractivity contribution in [1.82, 2.24) is 5.06 Å². The van der Waals surface area contributed by atoms with E-state index in [2.05, 4.69) is 4.84 Å². The lowest BCUT2D eigenvalue weighted by Gasteiger charge is -2.10. The molecule has 0 radical (unpaired) electrons. The molecule has 1 aromatic rings. The van der Waals surface area contributed by atoms with Gasteiger partial charge >= 0.3 is 5.97 Å². The zero-order valence-electron chi connectivity index (χ0n) is 8.60. The van der Waals surface area contributed by atoms with Gasteiger partial charge < -0.3 is 4.84 Å². The van der Waals surface area contributed by atoms with Gasteiger partial charge in [0, 0.05) is 8.27 Å². The third-order valence-electron chi connectivity index (χ3n) is 1.95. The molecule has 0 unspecified atom stereocenters. The lowest BCUT2D eigenvalue weighted by molar-refractivity contribution is -0.165. The van der Waals surface area contributed by atoms with Crippen LogP contribution in [0.15, 0.2) is 24.3 Å². The molecular formula is C10H7NO4. The predicted molar refractivity (Wildman–Crippen MR) is 48.7 cm³/mol. The van der Waals surface area contributed by atoms with Crippen LogP contribution in [0.3, 0.4) is 0 Å². The monoisotopic (exact) mass is 207 g/mol. The molecule has 1 heterocycles. The van der Waals surface area contributed by atoms with E-state index in [1.54, 1.807) is 12.1 Å². The molecule has 0 fully saturated rings. The number of fused-ring (bicyclic) bond motifs is 1. The Morgan fingerprint density at radius 1 is 1.27 bits per heavy atom. The van der Waals surface area contributed by atoms with Crippen molar-refractivity contribution in [2.24, 2.45) is 0 Å². The molecule has 1 aliphatic rings. The molecule has 0 saturated carbocycles. The number of carbonyl (C=O) groups excluding carboxylic acids is 3. The van der Waals surface area contributed by atoms with Crippen LogP contribution in [0.1, 0.15) is 29.0 Å². The Morgan fingerprint density at radius 2 is 1.80 bits per heavy atom. The highest BCUT2D eigenvalue weighted by Gasteiger charge is 2.37. The normalized spacial score (nSPS) is 14.9. The van der Waals surface area contributed by atoms with Gasteiger partial charge in [-0.05, 0) is 12.1 Å². The molecule has 0 saturated heterocycles. The van der Waals surface area contributed by atoms with Crippen LogP contribution in [0.2, 0.25) is 0 Å². The van der Waals surface area contributed by atoms with Gasteiger partial charge in [-0.15, -0.1) is 0 Å². The van der Waals surface area contributed by atoms with E-state index in [1.165, 1.54) is 12.1 Å². The van der Waals surface area contributed by atoms with E-state index in [0.717, 1.165) is 0 Å². The fourth-order valence-electron chi connectivity index (χ4n) is 1.35. The SMILES string of the molecule is [3H]CC(=O)ON1C(=O)c2ccccc2C1=O. The van der Waals surface area contributed by atoms with Crippen LogP contribution in [0, 0.1) is 0 Å². The average molecular weight is 207 g/mol. The van der Waals surface area contributed by atoms with Crippen molar-refractivity contribution in [2.45, 2.75) is 6.90 Å². The Balaban J connectivity index is 2.32. The zero-order chi connectivity index (χ0) is 11.7. The third-order valence-corrected chi connectivity index (χ3v) is 1.95. The highest BCUT2D eigenvalue weighted by molar-refractivity contribution is 6.20. The minimum absolute atomic E-state index is 0.199. The number of nitrogens with zero attached hydrogens (tertiary/aromatic N) is 1. The first kappa shape index (κ1) is 8.16. The molecule has 0 spiro atoms. The Bertz CT molecular complexity index is 450. The van der Waals surface area contributed by atoms with E-state index in [1.807, 2.05) is 0 Å². The molecular weight excluding hydrogens is 198 g/mol.